The van der Waals surface area contributed by atoms with Crippen LogP contribution in [0.3, 0.4) is 0 Å². The molecule has 0 aliphatic heterocycles. The first-order valence-electron chi connectivity index (χ1n) is 7.28. The van der Waals surface area contributed by atoms with E-state index in [9.17, 15) is 14.3 Å². The van der Waals surface area contributed by atoms with Crippen molar-refractivity contribution in [1.82, 2.24) is 10.6 Å². The van der Waals surface area contributed by atoms with Gasteiger partial charge in [-0.2, -0.15) is 0 Å². The van der Waals surface area contributed by atoms with Crippen LogP contribution >= 0.6 is 0 Å². The number of benzene rings is 1. The summed E-state index contributed by atoms with van der Waals surface area (Å²) in [6.07, 6.45) is 0. The van der Waals surface area contributed by atoms with E-state index >= 15 is 0 Å². The van der Waals surface area contributed by atoms with E-state index in [1.165, 1.54) is 13.2 Å². The van der Waals surface area contributed by atoms with Gasteiger partial charge < -0.3 is 20.5 Å². The van der Waals surface area contributed by atoms with Crippen molar-refractivity contribution in [3.05, 3.63) is 29.6 Å². The number of urea groups is 1. The minimum absolute atomic E-state index is 0.00288. The molecule has 0 saturated heterocycles. The highest BCUT2D eigenvalue weighted by atomic mass is 19.1. The second-order valence-corrected chi connectivity index (χ2v) is 5.92. The average Bonchev–Trinajstić information content (AvgIpc) is 2.44. The SMILES string of the molecule is COc1cccc(F)c1C(C)NC(=O)NCC(C)(O)C(C)C. The van der Waals surface area contributed by atoms with Crippen LogP contribution in [0.2, 0.25) is 0 Å². The summed E-state index contributed by atoms with van der Waals surface area (Å²) in [6, 6.07) is 3.46. The van der Waals surface area contributed by atoms with Crippen molar-refractivity contribution in [3.8, 4) is 5.75 Å². The Morgan fingerprint density at radius 3 is 2.59 bits per heavy atom. The normalized spacial score (nSPS) is 15.1. The molecule has 0 bridgehead atoms. The fraction of sp³-hybridized carbons (Fsp3) is 0.562. The van der Waals surface area contributed by atoms with E-state index in [1.54, 1.807) is 26.0 Å². The number of hydrogen-bond acceptors (Lipinski definition) is 3. The van der Waals surface area contributed by atoms with Crippen LogP contribution in [0, 0.1) is 11.7 Å². The first-order chi connectivity index (χ1) is 10.2. The summed E-state index contributed by atoms with van der Waals surface area (Å²) in [6.45, 7) is 7.17. The van der Waals surface area contributed by atoms with Gasteiger partial charge in [-0.05, 0) is 31.9 Å². The van der Waals surface area contributed by atoms with E-state index in [-0.39, 0.29) is 18.0 Å². The highest BCUT2D eigenvalue weighted by molar-refractivity contribution is 5.74. The quantitative estimate of drug-likeness (QED) is 0.756. The van der Waals surface area contributed by atoms with Gasteiger partial charge in [0, 0.05) is 6.54 Å². The lowest BCUT2D eigenvalue weighted by Crippen LogP contribution is -2.47. The number of amides is 2. The van der Waals surface area contributed by atoms with Crippen molar-refractivity contribution in [2.75, 3.05) is 13.7 Å². The number of nitrogens with one attached hydrogen (secondary N) is 2. The van der Waals surface area contributed by atoms with Gasteiger partial charge in [0.05, 0.1) is 24.3 Å². The van der Waals surface area contributed by atoms with Crippen LogP contribution in [0.15, 0.2) is 18.2 Å². The summed E-state index contributed by atoms with van der Waals surface area (Å²) in [7, 11) is 1.45. The molecular formula is C16H25FN2O3. The molecule has 0 spiro atoms. The summed E-state index contributed by atoms with van der Waals surface area (Å²) in [4.78, 5) is 11.9. The zero-order valence-electron chi connectivity index (χ0n) is 13.7. The fourth-order valence-corrected chi connectivity index (χ4v) is 1.90. The lowest BCUT2D eigenvalue weighted by atomic mass is 9.93. The molecule has 0 radical (unpaired) electrons. The first-order valence-corrected chi connectivity index (χ1v) is 7.28. The average molecular weight is 312 g/mol. The molecule has 6 heteroatoms. The largest absolute Gasteiger partial charge is 0.496 e. The predicted molar refractivity (Wildman–Crippen MR) is 83.4 cm³/mol. The number of carbonyl (C=O) groups excluding carboxylic acids is 1. The lowest BCUT2D eigenvalue weighted by Gasteiger charge is -2.28. The van der Waals surface area contributed by atoms with Crippen molar-refractivity contribution >= 4 is 6.03 Å². The van der Waals surface area contributed by atoms with Gasteiger partial charge in [-0.1, -0.05) is 19.9 Å². The molecule has 1 aromatic carbocycles. The van der Waals surface area contributed by atoms with Crippen LogP contribution in [0.5, 0.6) is 5.75 Å². The molecule has 1 aromatic rings. The third kappa shape index (κ3) is 4.59. The molecule has 2 atom stereocenters. The smallest absolute Gasteiger partial charge is 0.315 e. The number of methoxy groups -OCH3 is 1. The van der Waals surface area contributed by atoms with Gasteiger partial charge in [0.1, 0.15) is 11.6 Å². The Kier molecular flexibility index (Phi) is 6.17. The molecule has 0 aliphatic carbocycles. The van der Waals surface area contributed by atoms with Crippen molar-refractivity contribution in [3.63, 3.8) is 0 Å². The number of ether oxygens (including phenoxy) is 1. The van der Waals surface area contributed by atoms with Gasteiger partial charge in [0.25, 0.3) is 0 Å². The Morgan fingerprint density at radius 1 is 1.41 bits per heavy atom. The lowest BCUT2D eigenvalue weighted by molar-refractivity contribution is 0.0165. The third-order valence-corrected chi connectivity index (χ3v) is 3.86. The number of carbonyl (C=O) groups is 1. The highest BCUT2D eigenvalue weighted by Gasteiger charge is 2.26. The second kappa shape index (κ2) is 7.45. The van der Waals surface area contributed by atoms with Gasteiger partial charge in [-0.15, -0.1) is 0 Å². The van der Waals surface area contributed by atoms with Crippen LogP contribution in [-0.2, 0) is 0 Å². The van der Waals surface area contributed by atoms with Crippen LogP contribution in [0.4, 0.5) is 9.18 Å². The van der Waals surface area contributed by atoms with E-state index in [1.807, 2.05) is 13.8 Å². The van der Waals surface area contributed by atoms with Crippen molar-refractivity contribution < 1.29 is 19.0 Å². The minimum Gasteiger partial charge on any atom is -0.496 e. The topological polar surface area (TPSA) is 70.6 Å². The zero-order chi connectivity index (χ0) is 16.9. The van der Waals surface area contributed by atoms with Crippen molar-refractivity contribution in [1.29, 1.82) is 0 Å². The summed E-state index contributed by atoms with van der Waals surface area (Å²) >= 11 is 0. The van der Waals surface area contributed by atoms with E-state index < -0.39 is 23.5 Å². The Bertz CT molecular complexity index is 518. The van der Waals surface area contributed by atoms with Crippen LogP contribution < -0.4 is 15.4 Å². The Morgan fingerprint density at radius 2 is 2.05 bits per heavy atom. The monoisotopic (exact) mass is 312 g/mol. The molecule has 0 heterocycles. The van der Waals surface area contributed by atoms with Gasteiger partial charge in [0.15, 0.2) is 0 Å². The van der Waals surface area contributed by atoms with E-state index in [0.717, 1.165) is 0 Å². The third-order valence-electron chi connectivity index (χ3n) is 3.86. The molecule has 2 amide bonds. The molecule has 22 heavy (non-hydrogen) atoms. The molecule has 3 N–H and O–H groups in total. The Labute approximate surface area is 130 Å². The molecule has 0 aliphatic rings. The molecule has 0 fully saturated rings. The van der Waals surface area contributed by atoms with Crippen LogP contribution in [0.25, 0.3) is 0 Å². The Balaban J connectivity index is 2.69. The summed E-state index contributed by atoms with van der Waals surface area (Å²) < 4.78 is 19.1. The van der Waals surface area contributed by atoms with E-state index in [2.05, 4.69) is 10.6 Å². The standard InChI is InChI=1S/C16H25FN2O3/c1-10(2)16(4,21)9-18-15(20)19-11(3)14-12(17)7-6-8-13(14)22-5/h6-8,10-11,21H,9H2,1-5H3,(H2,18,19,20). The van der Waals surface area contributed by atoms with Gasteiger partial charge >= 0.3 is 6.03 Å². The fourth-order valence-electron chi connectivity index (χ4n) is 1.90. The number of halogens is 1. The maximum Gasteiger partial charge on any atom is 0.315 e. The molecule has 124 valence electrons. The van der Waals surface area contributed by atoms with E-state index in [4.69, 9.17) is 4.74 Å². The number of rotatable bonds is 6. The molecule has 2 unspecified atom stereocenters. The molecule has 0 aromatic heterocycles. The van der Waals surface area contributed by atoms with E-state index in [0.29, 0.717) is 5.75 Å². The molecule has 5 nitrogen and oxygen atoms in total. The summed E-state index contributed by atoms with van der Waals surface area (Å²) in [5, 5.41) is 15.3. The number of aliphatic hydroxyl groups is 1. The van der Waals surface area contributed by atoms with Crippen LogP contribution in [0.1, 0.15) is 39.3 Å². The van der Waals surface area contributed by atoms with Crippen LogP contribution in [-0.4, -0.2) is 30.4 Å². The predicted octanol–water partition coefficient (Wildman–Crippen LogP) is 2.60. The zero-order valence-corrected chi connectivity index (χ0v) is 13.7. The maximum absolute atomic E-state index is 13.9. The molecule has 1 rings (SSSR count). The Hall–Kier alpha value is -1.82. The highest BCUT2D eigenvalue weighted by Crippen LogP contribution is 2.27. The summed E-state index contributed by atoms with van der Waals surface area (Å²) in [5.74, 6) is -0.0693. The van der Waals surface area contributed by atoms with Crippen molar-refractivity contribution in [2.45, 2.75) is 39.3 Å². The van der Waals surface area contributed by atoms with Gasteiger partial charge in [-0.25, -0.2) is 9.18 Å². The maximum atomic E-state index is 13.9. The molecular weight excluding hydrogens is 287 g/mol. The minimum atomic E-state index is -1.00. The first kappa shape index (κ1) is 18.2. The van der Waals surface area contributed by atoms with Gasteiger partial charge in [0.2, 0.25) is 0 Å². The van der Waals surface area contributed by atoms with Crippen molar-refractivity contribution in [2.24, 2.45) is 5.92 Å². The number of hydrogen-bond donors (Lipinski definition) is 3. The summed E-state index contributed by atoms with van der Waals surface area (Å²) in [5.41, 5.74) is -0.716. The second-order valence-electron chi connectivity index (χ2n) is 5.92. The molecule has 0 saturated carbocycles. The van der Waals surface area contributed by atoms with Gasteiger partial charge in [-0.3, -0.25) is 0 Å².